The lowest BCUT2D eigenvalue weighted by Crippen LogP contribution is -2.53. The average Bonchev–Trinajstić information content (AvgIpc) is 2.72. The Morgan fingerprint density at radius 1 is 1.07 bits per heavy atom. The van der Waals surface area contributed by atoms with Gasteiger partial charge in [0.05, 0.1) is 19.2 Å². The molecule has 0 aliphatic rings. The number of aliphatic hydroxyl groups excluding tert-OH is 2. The van der Waals surface area contributed by atoms with E-state index in [4.69, 9.17) is 33.7 Å². The van der Waals surface area contributed by atoms with Crippen molar-refractivity contribution in [2.75, 3.05) is 13.2 Å². The van der Waals surface area contributed by atoms with E-state index in [1.807, 2.05) is 12.1 Å². The molecule has 0 aliphatic heterocycles. The number of aliphatic hydroxyl groups is 2. The zero-order valence-corrected chi connectivity index (χ0v) is 17.9. The van der Waals surface area contributed by atoms with Crippen LogP contribution in [0.2, 0.25) is 10.0 Å². The van der Waals surface area contributed by atoms with Crippen LogP contribution < -0.4 is 11.1 Å². The van der Waals surface area contributed by atoms with E-state index in [2.05, 4.69) is 5.32 Å². The highest BCUT2D eigenvalue weighted by molar-refractivity contribution is 6.35. The summed E-state index contributed by atoms with van der Waals surface area (Å²) in [5.41, 5.74) is 7.80. The van der Waals surface area contributed by atoms with Crippen molar-refractivity contribution in [2.45, 2.75) is 31.6 Å². The van der Waals surface area contributed by atoms with E-state index in [0.29, 0.717) is 10.0 Å². The molecule has 0 aliphatic carbocycles. The van der Waals surface area contributed by atoms with Gasteiger partial charge in [-0.3, -0.25) is 4.79 Å². The van der Waals surface area contributed by atoms with Gasteiger partial charge in [0.1, 0.15) is 6.10 Å². The molecular weight excluding hydrogens is 431 g/mol. The van der Waals surface area contributed by atoms with Crippen LogP contribution in [0.1, 0.15) is 12.5 Å². The topological polar surface area (TPSA) is 122 Å². The molecule has 2 rings (SSSR count). The summed E-state index contributed by atoms with van der Waals surface area (Å²) in [6, 6.07) is 11.5. The lowest BCUT2D eigenvalue weighted by Gasteiger charge is -2.27. The van der Waals surface area contributed by atoms with Gasteiger partial charge in [-0.2, -0.15) is 0 Å². The van der Waals surface area contributed by atoms with Crippen LogP contribution in [-0.2, 0) is 20.7 Å². The highest BCUT2D eigenvalue weighted by Crippen LogP contribution is 2.27. The Hall–Kier alpha value is -2.16. The van der Waals surface area contributed by atoms with Crippen molar-refractivity contribution in [2.24, 2.45) is 5.73 Å². The Bertz CT molecular complexity index is 856. The van der Waals surface area contributed by atoms with Crippen molar-refractivity contribution in [1.29, 1.82) is 0 Å². The van der Waals surface area contributed by atoms with Crippen molar-refractivity contribution < 1.29 is 24.5 Å². The summed E-state index contributed by atoms with van der Waals surface area (Å²) in [6.45, 7) is 1.34. The molecule has 0 bridgehead atoms. The molecule has 0 spiro atoms. The lowest BCUT2D eigenvalue weighted by molar-refractivity contribution is -0.160. The molecule has 1 amide bonds. The summed E-state index contributed by atoms with van der Waals surface area (Å²) >= 11 is 12.1. The third kappa shape index (κ3) is 6.68. The normalized spacial score (nSPS) is 13.9. The summed E-state index contributed by atoms with van der Waals surface area (Å²) in [4.78, 5) is 23.5. The maximum absolute atomic E-state index is 11.8. The second-order valence-corrected chi connectivity index (χ2v) is 7.50. The SMILES string of the molecule is CCOC(=O)C(O)C(O)C(Cc1ccc(-c2cc(Cl)cc(Cl)c2)cc1)NC(=O)CN. The summed E-state index contributed by atoms with van der Waals surface area (Å²) in [6.07, 6.45) is -3.23. The van der Waals surface area contributed by atoms with Crippen LogP contribution in [-0.4, -0.2) is 53.5 Å². The largest absolute Gasteiger partial charge is 0.464 e. The molecule has 3 atom stereocenters. The van der Waals surface area contributed by atoms with Crippen LogP contribution in [0.15, 0.2) is 42.5 Å². The third-order valence-corrected chi connectivity index (χ3v) is 4.84. The van der Waals surface area contributed by atoms with Crippen LogP contribution in [0.25, 0.3) is 11.1 Å². The average molecular weight is 455 g/mol. The number of nitrogens with two attached hydrogens (primary N) is 1. The highest BCUT2D eigenvalue weighted by Gasteiger charge is 2.33. The van der Waals surface area contributed by atoms with Crippen molar-refractivity contribution in [3.05, 3.63) is 58.1 Å². The fourth-order valence-corrected chi connectivity index (χ4v) is 3.44. The molecule has 7 nitrogen and oxygen atoms in total. The number of amides is 1. The minimum atomic E-state index is -1.80. The van der Waals surface area contributed by atoms with E-state index in [-0.39, 0.29) is 19.6 Å². The molecule has 0 saturated heterocycles. The van der Waals surface area contributed by atoms with Gasteiger partial charge in [-0.25, -0.2) is 4.79 Å². The van der Waals surface area contributed by atoms with E-state index >= 15 is 0 Å². The molecule has 0 heterocycles. The summed E-state index contributed by atoms with van der Waals surface area (Å²) in [7, 11) is 0. The molecule has 5 N–H and O–H groups in total. The number of esters is 1. The van der Waals surface area contributed by atoms with Crippen molar-refractivity contribution in [1.82, 2.24) is 5.32 Å². The van der Waals surface area contributed by atoms with E-state index in [1.54, 1.807) is 37.3 Å². The predicted molar refractivity (Wildman–Crippen MR) is 115 cm³/mol. The van der Waals surface area contributed by atoms with E-state index in [0.717, 1.165) is 16.7 Å². The first-order valence-corrected chi connectivity index (χ1v) is 10.1. The number of carbonyl (C=O) groups is 2. The second kappa shape index (κ2) is 11.3. The second-order valence-electron chi connectivity index (χ2n) is 6.62. The molecule has 162 valence electrons. The molecule has 2 aromatic rings. The van der Waals surface area contributed by atoms with E-state index < -0.39 is 30.1 Å². The smallest absolute Gasteiger partial charge is 0.337 e. The number of hydrogen-bond donors (Lipinski definition) is 4. The number of halogens is 2. The van der Waals surface area contributed by atoms with Crippen LogP contribution in [0.3, 0.4) is 0 Å². The molecule has 30 heavy (non-hydrogen) atoms. The fraction of sp³-hybridized carbons (Fsp3) is 0.333. The van der Waals surface area contributed by atoms with Gasteiger partial charge in [0, 0.05) is 10.0 Å². The first-order chi connectivity index (χ1) is 14.2. The van der Waals surface area contributed by atoms with Crippen LogP contribution in [0.5, 0.6) is 0 Å². The minimum absolute atomic E-state index is 0.0530. The van der Waals surface area contributed by atoms with Crippen LogP contribution >= 0.6 is 23.2 Å². The number of rotatable bonds is 9. The number of ether oxygens (including phenoxy) is 1. The molecule has 0 saturated carbocycles. The zero-order chi connectivity index (χ0) is 22.3. The molecule has 9 heteroatoms. The monoisotopic (exact) mass is 454 g/mol. The Morgan fingerprint density at radius 3 is 2.20 bits per heavy atom. The Balaban J connectivity index is 2.20. The summed E-state index contributed by atoms with van der Waals surface area (Å²) in [5, 5.41) is 24.1. The number of nitrogens with one attached hydrogen (secondary N) is 1. The molecule has 0 radical (unpaired) electrons. The van der Waals surface area contributed by atoms with Crippen LogP contribution in [0.4, 0.5) is 0 Å². The number of carbonyl (C=O) groups excluding carboxylic acids is 2. The first-order valence-electron chi connectivity index (χ1n) is 9.32. The Morgan fingerprint density at radius 2 is 1.67 bits per heavy atom. The Labute approximate surface area is 184 Å². The maximum Gasteiger partial charge on any atom is 0.337 e. The van der Waals surface area contributed by atoms with Gasteiger partial charge in [0.15, 0.2) is 6.10 Å². The molecular formula is C21H24Cl2N2O5. The van der Waals surface area contributed by atoms with Gasteiger partial charge in [-0.1, -0.05) is 47.5 Å². The first kappa shape index (κ1) is 24.1. The van der Waals surface area contributed by atoms with Gasteiger partial charge in [-0.05, 0) is 48.2 Å². The van der Waals surface area contributed by atoms with Gasteiger partial charge in [-0.15, -0.1) is 0 Å². The minimum Gasteiger partial charge on any atom is -0.464 e. The third-order valence-electron chi connectivity index (χ3n) is 4.40. The van der Waals surface area contributed by atoms with Gasteiger partial charge in [0.25, 0.3) is 0 Å². The highest BCUT2D eigenvalue weighted by atomic mass is 35.5. The standard InChI is InChI=1S/C21H24Cl2N2O5/c1-2-30-21(29)20(28)19(27)17(25-18(26)11-24)7-12-3-5-13(6-4-12)14-8-15(22)10-16(23)9-14/h3-6,8-10,17,19-20,27-28H,2,7,11,24H2,1H3,(H,25,26). The fourth-order valence-electron chi connectivity index (χ4n) is 2.92. The van der Waals surface area contributed by atoms with E-state index in [9.17, 15) is 19.8 Å². The van der Waals surface area contributed by atoms with Crippen molar-refractivity contribution >= 4 is 35.1 Å². The molecule has 3 unspecified atom stereocenters. The van der Waals surface area contributed by atoms with Gasteiger partial charge >= 0.3 is 5.97 Å². The van der Waals surface area contributed by atoms with Crippen molar-refractivity contribution in [3.63, 3.8) is 0 Å². The lowest BCUT2D eigenvalue weighted by atomic mass is 9.96. The number of benzene rings is 2. The van der Waals surface area contributed by atoms with Crippen molar-refractivity contribution in [3.8, 4) is 11.1 Å². The quantitative estimate of drug-likeness (QED) is 0.429. The number of hydrogen-bond acceptors (Lipinski definition) is 6. The predicted octanol–water partition coefficient (Wildman–Crippen LogP) is 1.93. The van der Waals surface area contributed by atoms with Gasteiger partial charge < -0.3 is 26.0 Å². The molecule has 2 aromatic carbocycles. The van der Waals surface area contributed by atoms with E-state index in [1.165, 1.54) is 0 Å². The summed E-state index contributed by atoms with van der Waals surface area (Å²) < 4.78 is 4.73. The maximum atomic E-state index is 11.8. The summed E-state index contributed by atoms with van der Waals surface area (Å²) in [5.74, 6) is -1.49. The Kier molecular flexibility index (Phi) is 9.08. The zero-order valence-electron chi connectivity index (χ0n) is 16.3. The van der Waals surface area contributed by atoms with Crippen LogP contribution in [0, 0.1) is 0 Å². The molecule has 0 aromatic heterocycles. The van der Waals surface area contributed by atoms with Gasteiger partial charge in [0.2, 0.25) is 5.91 Å². The molecule has 0 fully saturated rings.